The maximum absolute atomic E-state index is 13.8. The summed E-state index contributed by atoms with van der Waals surface area (Å²) in [5.74, 6) is 0.313. The minimum atomic E-state index is -1.11. The number of hydrogen-bond acceptors (Lipinski definition) is 5. The van der Waals surface area contributed by atoms with Gasteiger partial charge in [0, 0.05) is 11.7 Å². The summed E-state index contributed by atoms with van der Waals surface area (Å²) < 4.78 is 6.96. The molecule has 0 bridgehead atoms. The number of benzene rings is 1. The summed E-state index contributed by atoms with van der Waals surface area (Å²) in [4.78, 5) is 30.0. The van der Waals surface area contributed by atoms with Crippen molar-refractivity contribution in [3.05, 3.63) is 53.5 Å². The van der Waals surface area contributed by atoms with Gasteiger partial charge in [-0.05, 0) is 61.5 Å². The van der Waals surface area contributed by atoms with Crippen molar-refractivity contribution < 1.29 is 14.3 Å². The molecule has 1 saturated carbocycles. The first-order valence-corrected chi connectivity index (χ1v) is 11.8. The van der Waals surface area contributed by atoms with Crippen LogP contribution in [0.5, 0.6) is 5.75 Å². The molecule has 0 saturated heterocycles. The van der Waals surface area contributed by atoms with E-state index in [1.54, 1.807) is 40.2 Å². The Kier molecular flexibility index (Phi) is 5.25. The highest BCUT2D eigenvalue weighted by molar-refractivity contribution is 7.13. The second kappa shape index (κ2) is 8.09. The van der Waals surface area contributed by atoms with Crippen LogP contribution in [0, 0.1) is 0 Å². The monoisotopic (exact) mass is 450 g/mol. The third-order valence-electron chi connectivity index (χ3n) is 6.44. The van der Waals surface area contributed by atoms with E-state index in [0.717, 1.165) is 36.3 Å². The van der Waals surface area contributed by atoms with Gasteiger partial charge in [-0.15, -0.1) is 11.3 Å². The number of nitrogens with one attached hydrogen (secondary N) is 1. The van der Waals surface area contributed by atoms with Gasteiger partial charge in [-0.2, -0.15) is 5.10 Å². The first-order chi connectivity index (χ1) is 15.5. The van der Waals surface area contributed by atoms with Crippen LogP contribution in [0.3, 0.4) is 0 Å². The van der Waals surface area contributed by atoms with Crippen LogP contribution in [0.1, 0.15) is 43.1 Å². The minimum absolute atomic E-state index is 0.146. The molecule has 1 fully saturated rings. The van der Waals surface area contributed by atoms with E-state index in [0.29, 0.717) is 17.1 Å². The molecule has 0 unspecified atom stereocenters. The maximum Gasteiger partial charge on any atom is 0.277 e. The fourth-order valence-corrected chi connectivity index (χ4v) is 5.35. The van der Waals surface area contributed by atoms with E-state index in [4.69, 9.17) is 4.74 Å². The van der Waals surface area contributed by atoms with Crippen molar-refractivity contribution in [1.82, 2.24) is 15.1 Å². The lowest BCUT2D eigenvalue weighted by atomic mass is 9.93. The van der Waals surface area contributed by atoms with Crippen molar-refractivity contribution in [2.24, 2.45) is 0 Å². The molecule has 2 amide bonds. The van der Waals surface area contributed by atoms with E-state index >= 15 is 0 Å². The Hall–Kier alpha value is -3.13. The van der Waals surface area contributed by atoms with Crippen molar-refractivity contribution in [1.29, 1.82) is 0 Å². The molecule has 1 N–H and O–H groups in total. The van der Waals surface area contributed by atoms with E-state index in [9.17, 15) is 9.59 Å². The van der Waals surface area contributed by atoms with E-state index in [1.165, 1.54) is 0 Å². The van der Waals surface area contributed by atoms with Crippen molar-refractivity contribution in [2.45, 2.75) is 50.7 Å². The highest BCUT2D eigenvalue weighted by atomic mass is 32.1. The highest BCUT2D eigenvalue weighted by Gasteiger charge is 2.49. The zero-order valence-electron chi connectivity index (χ0n) is 18.2. The Balaban J connectivity index is 1.57. The van der Waals surface area contributed by atoms with E-state index in [2.05, 4.69) is 10.4 Å². The third kappa shape index (κ3) is 3.48. The van der Waals surface area contributed by atoms with Crippen molar-refractivity contribution in [3.8, 4) is 16.3 Å². The van der Waals surface area contributed by atoms with Gasteiger partial charge in [-0.25, -0.2) is 0 Å². The lowest BCUT2D eigenvalue weighted by Gasteiger charge is -2.43. The van der Waals surface area contributed by atoms with Gasteiger partial charge >= 0.3 is 0 Å². The topological polar surface area (TPSA) is 76.5 Å². The second-order valence-electron chi connectivity index (χ2n) is 8.62. The number of thiophene rings is 1. The number of fused-ring (bicyclic) bond motifs is 1. The van der Waals surface area contributed by atoms with E-state index in [1.807, 2.05) is 42.6 Å². The zero-order valence-corrected chi connectivity index (χ0v) is 19.0. The predicted molar refractivity (Wildman–Crippen MR) is 124 cm³/mol. The molecular weight excluding hydrogens is 424 g/mol. The molecule has 5 rings (SSSR count). The Labute approximate surface area is 191 Å². The number of nitrogens with zero attached hydrogens (tertiary/aromatic N) is 3. The van der Waals surface area contributed by atoms with E-state index < -0.39 is 5.54 Å². The van der Waals surface area contributed by atoms with Crippen LogP contribution in [0.4, 0.5) is 5.69 Å². The number of amides is 2. The second-order valence-corrected chi connectivity index (χ2v) is 9.56. The zero-order chi connectivity index (χ0) is 22.3. The quantitative estimate of drug-likeness (QED) is 0.635. The van der Waals surface area contributed by atoms with Gasteiger partial charge < -0.3 is 10.1 Å². The number of carbonyl (C=O) groups excluding carboxylic acids is 2. The smallest absolute Gasteiger partial charge is 0.277 e. The molecule has 166 valence electrons. The van der Waals surface area contributed by atoms with Gasteiger partial charge in [0.15, 0.2) is 0 Å². The van der Waals surface area contributed by atoms with E-state index in [-0.39, 0.29) is 24.4 Å². The Morgan fingerprint density at radius 2 is 1.97 bits per heavy atom. The molecule has 2 aliphatic rings. The van der Waals surface area contributed by atoms with Crippen LogP contribution >= 0.6 is 11.3 Å². The summed E-state index contributed by atoms with van der Waals surface area (Å²) in [5.41, 5.74) is 0.777. The molecule has 0 radical (unpaired) electrons. The fraction of sp³-hybridized carbons (Fsp3) is 0.375. The Morgan fingerprint density at radius 1 is 1.22 bits per heavy atom. The molecule has 2 aromatic heterocycles. The van der Waals surface area contributed by atoms with Crippen LogP contribution in [0.2, 0.25) is 0 Å². The summed E-state index contributed by atoms with van der Waals surface area (Å²) in [6, 6.07) is 13.2. The average molecular weight is 451 g/mol. The number of methoxy groups -OCH3 is 1. The molecule has 32 heavy (non-hydrogen) atoms. The third-order valence-corrected chi connectivity index (χ3v) is 7.33. The standard InChI is InChI=1S/C24H26N4O3S/c1-24(23(30)25-16-6-3-4-7-16)15-27-20(14-19(26-27)21-8-5-13-32-21)22(29)28(24)17-9-11-18(31-2)12-10-17/h5,8-14,16H,3-4,6-7,15H2,1-2H3,(H,25,30)/t24-/m1/s1. The molecule has 1 aliphatic heterocycles. The lowest BCUT2D eigenvalue weighted by Crippen LogP contribution is -2.65. The first kappa shape index (κ1) is 20.8. The predicted octanol–water partition coefficient (Wildman–Crippen LogP) is 4.10. The molecule has 8 heteroatoms. The summed E-state index contributed by atoms with van der Waals surface area (Å²) in [6.45, 7) is 2.11. The van der Waals surface area contributed by atoms with Crippen LogP contribution < -0.4 is 15.0 Å². The summed E-state index contributed by atoms with van der Waals surface area (Å²) in [6.07, 6.45) is 4.20. The first-order valence-electron chi connectivity index (χ1n) is 10.9. The van der Waals surface area contributed by atoms with Crippen molar-refractivity contribution in [3.63, 3.8) is 0 Å². The van der Waals surface area contributed by atoms with Crippen LogP contribution in [-0.2, 0) is 11.3 Å². The van der Waals surface area contributed by atoms with Gasteiger partial charge in [-0.1, -0.05) is 18.9 Å². The summed E-state index contributed by atoms with van der Waals surface area (Å²) in [5, 5.41) is 9.87. The van der Waals surface area contributed by atoms with Gasteiger partial charge in [0.1, 0.15) is 22.7 Å². The number of aromatic nitrogens is 2. The Morgan fingerprint density at radius 3 is 2.62 bits per heavy atom. The SMILES string of the molecule is COc1ccc(N2C(=O)c3cc(-c4cccs4)nn3C[C@]2(C)C(=O)NC2CCCC2)cc1. The number of anilines is 1. The summed E-state index contributed by atoms with van der Waals surface area (Å²) in [7, 11) is 1.60. The maximum atomic E-state index is 13.8. The number of hydrogen-bond donors (Lipinski definition) is 1. The molecule has 1 aliphatic carbocycles. The van der Waals surface area contributed by atoms with Crippen LogP contribution in [-0.4, -0.2) is 40.3 Å². The molecule has 0 spiro atoms. The molecular formula is C24H26N4O3S. The van der Waals surface area contributed by atoms with Gasteiger partial charge in [0.05, 0.1) is 18.5 Å². The Bertz CT molecular complexity index is 1130. The average Bonchev–Trinajstić information content (AvgIpc) is 3.55. The molecule has 7 nitrogen and oxygen atoms in total. The largest absolute Gasteiger partial charge is 0.497 e. The molecule has 3 heterocycles. The number of carbonyl (C=O) groups is 2. The highest BCUT2D eigenvalue weighted by Crippen LogP contribution is 2.36. The lowest BCUT2D eigenvalue weighted by molar-refractivity contribution is -0.127. The molecule has 3 aromatic rings. The molecule has 1 aromatic carbocycles. The van der Waals surface area contributed by atoms with Gasteiger partial charge in [-0.3, -0.25) is 19.2 Å². The number of ether oxygens (including phenoxy) is 1. The van der Waals surface area contributed by atoms with Gasteiger partial charge in [0.25, 0.3) is 5.91 Å². The van der Waals surface area contributed by atoms with Crippen LogP contribution in [0.15, 0.2) is 47.8 Å². The van der Waals surface area contributed by atoms with Crippen molar-refractivity contribution in [2.75, 3.05) is 12.0 Å². The van der Waals surface area contributed by atoms with Crippen LogP contribution in [0.25, 0.3) is 10.6 Å². The minimum Gasteiger partial charge on any atom is -0.497 e. The van der Waals surface area contributed by atoms with Gasteiger partial charge in [0.2, 0.25) is 5.91 Å². The normalized spacial score (nSPS) is 20.9. The van der Waals surface area contributed by atoms with Crippen molar-refractivity contribution >= 4 is 28.8 Å². The fourth-order valence-electron chi connectivity index (χ4n) is 4.67. The molecule has 1 atom stereocenters. The summed E-state index contributed by atoms with van der Waals surface area (Å²) >= 11 is 1.58. The number of rotatable bonds is 5.